The average Bonchev–Trinajstić information content (AvgIpc) is 3.20. The van der Waals surface area contributed by atoms with Crippen LogP contribution in [-0.2, 0) is 50.9 Å². The van der Waals surface area contributed by atoms with Gasteiger partial charge in [-0.3, -0.25) is 27.7 Å². The molecule has 0 aromatic carbocycles. The Morgan fingerprint density at radius 3 is 1.59 bits per heavy atom. The van der Waals surface area contributed by atoms with Gasteiger partial charge in [-0.2, -0.15) is 0 Å². The van der Waals surface area contributed by atoms with Crippen molar-refractivity contribution in [1.82, 2.24) is 0 Å². The average molecular weight is 991 g/mol. The van der Waals surface area contributed by atoms with Crippen LogP contribution in [0.4, 0.5) is 0 Å². The summed E-state index contributed by atoms with van der Waals surface area (Å²) in [5, 5.41) is 42.9. The third-order valence-corrected chi connectivity index (χ3v) is 11.2. The molecule has 20 nitrogen and oxygen atoms in total. The van der Waals surface area contributed by atoms with E-state index in [4.69, 9.17) is 43.2 Å². The van der Waals surface area contributed by atoms with E-state index in [0.29, 0.717) is 12.8 Å². The molecular formula is C39H77O20P3S. The summed E-state index contributed by atoms with van der Waals surface area (Å²) in [5.74, 6) is 17.1. The molecule has 63 heavy (non-hydrogen) atoms. The van der Waals surface area contributed by atoms with E-state index in [2.05, 4.69) is 62.7 Å². The van der Waals surface area contributed by atoms with E-state index >= 15 is 0 Å². The number of hydrogen-bond donors (Lipinski definition) is 9. The van der Waals surface area contributed by atoms with Crippen molar-refractivity contribution < 1.29 is 106 Å². The minimum atomic E-state index is -5.56. The van der Waals surface area contributed by atoms with Gasteiger partial charge in [0.1, 0.15) is 49.5 Å². The number of phosphoric acid groups is 3. The Hall–Kier alpha value is -2.14. The lowest BCUT2D eigenvalue weighted by molar-refractivity contribution is -0.213. The van der Waals surface area contributed by atoms with Crippen LogP contribution in [0.1, 0.15) is 133 Å². The molecule has 0 aliphatic heterocycles. The van der Waals surface area contributed by atoms with Gasteiger partial charge >= 0.3 is 29.4 Å². The molecule has 8 atom stereocenters. The zero-order valence-corrected chi connectivity index (χ0v) is 39.2. The van der Waals surface area contributed by atoms with E-state index in [1.54, 1.807) is 6.92 Å². The number of unbranched alkanes of at least 4 members (excludes halogenated alkanes) is 12. The predicted octanol–water partition coefficient (Wildman–Crippen LogP) is 5.66. The number of thioether (sulfide) groups is 1. The standard InChI is InChI=1S/C26H53O19P3.C13H10OS.7H2/c1-2-3-4-5-6-7-8-9-10-11-12-13-14-15-20(28)42-19(16-40-18-27)17-41-48(38,39)45-24-21(29)22(30)25(43-46(32,33)34)26(23(24)31)44-47(35,36)37;1-3-5-6-7-8-9-10-12-15-13(14)11-4-2;;;;;;;/h19,21-27,29-31H,2-18H2,1H3,(H,38,39)(H2,32,33,34)(H2,35,36,37);4,11H2,1-2H3;7*1H/t19-,21?,22+,23-,24?,25+,26?;;;;;;;;/m1......../s1. The fourth-order valence-corrected chi connectivity index (χ4v) is 8.22. The maximum absolute atomic E-state index is 12.7. The summed E-state index contributed by atoms with van der Waals surface area (Å²) in [6.07, 6.45) is -0.286. The first kappa shape index (κ1) is 60.9. The van der Waals surface area contributed by atoms with Crippen LogP contribution < -0.4 is 0 Å². The summed E-state index contributed by atoms with van der Waals surface area (Å²) >= 11 is 0.991. The number of phosphoric ester groups is 3. The summed E-state index contributed by atoms with van der Waals surface area (Å²) in [7, 11) is -16.4. The molecule has 9 N–H and O–H groups in total. The third-order valence-electron chi connectivity index (χ3n) is 8.50. The van der Waals surface area contributed by atoms with Gasteiger partial charge in [0.2, 0.25) is 5.12 Å². The molecule has 0 amide bonds. The zero-order chi connectivity index (χ0) is 47.7. The second-order valence-electron chi connectivity index (χ2n) is 13.9. The normalized spacial score (nSPS) is 20.9. The van der Waals surface area contributed by atoms with Crippen LogP contribution in [0.25, 0.3) is 0 Å². The number of rotatable bonds is 29. The van der Waals surface area contributed by atoms with Gasteiger partial charge in [-0.1, -0.05) is 96.8 Å². The van der Waals surface area contributed by atoms with Crippen LogP contribution >= 0.6 is 35.2 Å². The molecule has 0 saturated heterocycles. The van der Waals surface area contributed by atoms with E-state index in [9.17, 15) is 43.5 Å². The van der Waals surface area contributed by atoms with Crippen molar-refractivity contribution in [3.63, 3.8) is 0 Å². The topological polar surface area (TPSA) is 323 Å². The number of hydrogen-bond acceptors (Lipinski definition) is 16. The van der Waals surface area contributed by atoms with Crippen molar-refractivity contribution in [3.8, 4) is 46.7 Å². The highest BCUT2D eigenvalue weighted by molar-refractivity contribution is 8.17. The minimum absolute atomic E-state index is 0. The first-order chi connectivity index (χ1) is 29.7. The lowest BCUT2D eigenvalue weighted by atomic mass is 9.85. The second kappa shape index (κ2) is 35.1. The van der Waals surface area contributed by atoms with Crippen LogP contribution in [0.2, 0.25) is 0 Å². The largest absolute Gasteiger partial charge is 0.472 e. The summed E-state index contributed by atoms with van der Waals surface area (Å²) < 4.78 is 63.4. The van der Waals surface area contributed by atoms with Gasteiger partial charge in [-0.15, -0.1) is 0 Å². The Morgan fingerprint density at radius 1 is 0.619 bits per heavy atom. The molecule has 1 aliphatic carbocycles. The van der Waals surface area contributed by atoms with Gasteiger partial charge in [-0.05, 0) is 60.5 Å². The van der Waals surface area contributed by atoms with Gasteiger partial charge < -0.3 is 54.4 Å². The van der Waals surface area contributed by atoms with Crippen molar-refractivity contribution in [2.45, 2.75) is 166 Å². The molecule has 1 saturated carbocycles. The fourth-order valence-electron chi connectivity index (χ4n) is 5.60. The first-order valence-corrected chi connectivity index (χ1v) is 25.8. The zero-order valence-electron chi connectivity index (χ0n) is 35.7. The van der Waals surface area contributed by atoms with Gasteiger partial charge in [-0.25, -0.2) is 13.7 Å². The molecular weight excluding hydrogens is 913 g/mol. The van der Waals surface area contributed by atoms with Crippen molar-refractivity contribution in [3.05, 3.63) is 0 Å². The van der Waals surface area contributed by atoms with Gasteiger partial charge in [0.25, 0.3) is 0 Å². The van der Waals surface area contributed by atoms with E-state index in [1.165, 1.54) is 51.4 Å². The monoisotopic (exact) mass is 990 g/mol. The van der Waals surface area contributed by atoms with Gasteiger partial charge in [0, 0.05) is 34.6 Å². The molecule has 0 aromatic heterocycles. The van der Waals surface area contributed by atoms with E-state index in [-0.39, 0.29) is 21.5 Å². The van der Waals surface area contributed by atoms with Gasteiger partial charge in [0.05, 0.1) is 13.2 Å². The molecule has 1 aliphatic rings. The number of aliphatic hydroxyl groups is 4. The maximum Gasteiger partial charge on any atom is 0.472 e. The smallest absolute Gasteiger partial charge is 0.457 e. The predicted molar refractivity (Wildman–Crippen MR) is 245 cm³/mol. The SMILES string of the molecule is CC#CC#CC#CC#CSC(=O)CCC.CCCCCCCCCCCCCCCC(=O)O[C@H](COCO)COP(=O)(O)OC1C(O)[C@H](O)[C@H](OP(=O)(O)O)C(OP(=O)(O)O)[C@@H]1O.[HH].[HH].[HH].[HH].[HH].[HH].[HH]. The first-order valence-electron chi connectivity index (χ1n) is 20.4. The Balaban J connectivity index is -0.000000252. The van der Waals surface area contributed by atoms with Crippen LogP contribution in [0, 0.1) is 46.7 Å². The van der Waals surface area contributed by atoms with E-state index in [0.717, 1.165) is 43.9 Å². The fraction of sp³-hybridized carbons (Fsp3) is 0.744. The molecule has 0 radical (unpaired) electrons. The number of ether oxygens (including phenoxy) is 2. The number of carbonyl (C=O) groups is 2. The van der Waals surface area contributed by atoms with Crippen molar-refractivity contribution in [2.24, 2.45) is 0 Å². The Morgan fingerprint density at radius 2 is 1.10 bits per heavy atom. The van der Waals surface area contributed by atoms with Crippen molar-refractivity contribution in [2.75, 3.05) is 20.0 Å². The highest BCUT2D eigenvalue weighted by atomic mass is 32.2. The summed E-state index contributed by atoms with van der Waals surface area (Å²) in [4.78, 5) is 70.1. The number of carbonyl (C=O) groups excluding carboxylic acids is 2. The van der Waals surface area contributed by atoms with E-state index < -0.39 is 92.2 Å². The van der Waals surface area contributed by atoms with Crippen molar-refractivity contribution in [1.29, 1.82) is 0 Å². The molecule has 24 heteroatoms. The van der Waals surface area contributed by atoms with Crippen LogP contribution in [0.3, 0.4) is 0 Å². The molecule has 4 unspecified atom stereocenters. The molecule has 1 rings (SSSR count). The minimum Gasteiger partial charge on any atom is -0.457 e. The number of esters is 1. The molecule has 0 heterocycles. The lowest BCUT2D eigenvalue weighted by Gasteiger charge is -2.44. The van der Waals surface area contributed by atoms with Crippen LogP contribution in [0.15, 0.2) is 0 Å². The highest BCUT2D eigenvalue weighted by Crippen LogP contribution is 2.51. The Kier molecular flexibility index (Phi) is 33.9. The van der Waals surface area contributed by atoms with Gasteiger partial charge in [0.15, 0.2) is 0 Å². The lowest BCUT2D eigenvalue weighted by Crippen LogP contribution is -2.65. The summed E-state index contributed by atoms with van der Waals surface area (Å²) in [5.41, 5.74) is 0. The Labute approximate surface area is 384 Å². The number of aliphatic hydroxyl groups excluding tert-OH is 4. The summed E-state index contributed by atoms with van der Waals surface area (Å²) in [6, 6.07) is 0. The van der Waals surface area contributed by atoms with E-state index in [1.807, 2.05) is 6.92 Å². The highest BCUT2D eigenvalue weighted by Gasteiger charge is 2.56. The summed E-state index contributed by atoms with van der Waals surface area (Å²) in [6.45, 7) is 3.71. The van der Waals surface area contributed by atoms with Crippen molar-refractivity contribution >= 4 is 46.3 Å². The molecule has 0 bridgehead atoms. The maximum atomic E-state index is 12.7. The molecule has 1 fully saturated rings. The van der Waals surface area contributed by atoms with Crippen LogP contribution in [0.5, 0.6) is 0 Å². The third kappa shape index (κ3) is 32.2. The molecule has 0 aromatic rings. The molecule has 0 spiro atoms. The quantitative estimate of drug-likeness (QED) is 0.0143. The Bertz CT molecular complexity index is 1760. The van der Waals surface area contributed by atoms with Crippen LogP contribution in [-0.4, -0.2) is 119 Å². The molecule has 374 valence electrons. The second-order valence-corrected chi connectivity index (χ2v) is 18.5.